The third kappa shape index (κ3) is 4.56. The molecule has 25 heavy (non-hydrogen) atoms. The van der Waals surface area contributed by atoms with Gasteiger partial charge in [0.15, 0.2) is 5.96 Å². The van der Waals surface area contributed by atoms with Crippen LogP contribution in [0.15, 0.2) is 33.7 Å². The number of halogens is 1. The van der Waals surface area contributed by atoms with Crippen LogP contribution in [0.2, 0.25) is 0 Å². The van der Waals surface area contributed by atoms with Crippen molar-refractivity contribution in [3.8, 4) is 0 Å². The molecular weight excluding hydrogens is 378 g/mol. The van der Waals surface area contributed by atoms with Gasteiger partial charge in [-0.1, -0.05) is 40.9 Å². The van der Waals surface area contributed by atoms with Gasteiger partial charge in [0, 0.05) is 49.6 Å². The second-order valence-electron chi connectivity index (χ2n) is 7.51. The van der Waals surface area contributed by atoms with Gasteiger partial charge in [0.2, 0.25) is 0 Å². The Bertz CT molecular complexity index is 592. The van der Waals surface area contributed by atoms with Gasteiger partial charge in [-0.05, 0) is 37.0 Å². The van der Waals surface area contributed by atoms with Gasteiger partial charge in [-0.3, -0.25) is 4.99 Å². The smallest absolute Gasteiger partial charge is 0.193 e. The van der Waals surface area contributed by atoms with Crippen molar-refractivity contribution in [2.24, 2.45) is 10.9 Å². The number of hydrogen-bond donors (Lipinski definition) is 1. The molecule has 1 saturated heterocycles. The quantitative estimate of drug-likeness (QED) is 0.595. The summed E-state index contributed by atoms with van der Waals surface area (Å²) in [5.74, 6) is 1.61. The number of aliphatic imine (C=N–C) groups is 1. The molecule has 0 aromatic heterocycles. The lowest BCUT2D eigenvalue weighted by molar-refractivity contribution is 0.181. The van der Waals surface area contributed by atoms with Crippen molar-refractivity contribution < 1.29 is 4.74 Å². The second-order valence-corrected chi connectivity index (χ2v) is 8.42. The number of ether oxygens (including phenoxy) is 1. The fourth-order valence-corrected chi connectivity index (χ4v) is 4.67. The Morgan fingerprint density at radius 3 is 2.84 bits per heavy atom. The largest absolute Gasteiger partial charge is 0.381 e. The van der Waals surface area contributed by atoms with Crippen molar-refractivity contribution in [3.05, 3.63) is 34.3 Å². The molecule has 2 aliphatic rings. The molecule has 4 nitrogen and oxygen atoms in total. The van der Waals surface area contributed by atoms with Crippen LogP contribution in [0.5, 0.6) is 0 Å². The Hall–Kier alpha value is -1.07. The van der Waals surface area contributed by atoms with Gasteiger partial charge in [-0.15, -0.1) is 0 Å². The Morgan fingerprint density at radius 1 is 1.40 bits per heavy atom. The van der Waals surface area contributed by atoms with E-state index in [4.69, 9.17) is 4.74 Å². The first-order valence-electron chi connectivity index (χ1n) is 9.38. The molecule has 1 N–H and O–H groups in total. The van der Waals surface area contributed by atoms with Crippen LogP contribution in [0.25, 0.3) is 0 Å². The third-order valence-electron chi connectivity index (χ3n) is 5.71. The number of nitrogens with zero attached hydrogens (tertiary/aromatic N) is 2. The van der Waals surface area contributed by atoms with E-state index in [0.717, 1.165) is 38.7 Å². The average Bonchev–Trinajstić information content (AvgIpc) is 3.28. The third-order valence-corrected chi connectivity index (χ3v) is 6.21. The minimum absolute atomic E-state index is 0.219. The SMILES string of the molecule is CN=C(NCC1(c2cccc(Br)c2)CCCC1)N(C)CC1CCOC1. The zero-order chi connectivity index (χ0) is 17.7. The Kier molecular flexibility index (Phi) is 6.39. The van der Waals surface area contributed by atoms with Crippen LogP contribution in [0, 0.1) is 5.92 Å². The van der Waals surface area contributed by atoms with Crippen LogP contribution in [0.3, 0.4) is 0 Å². The van der Waals surface area contributed by atoms with Crippen molar-refractivity contribution in [1.29, 1.82) is 0 Å². The molecule has 0 spiro atoms. The second kappa shape index (κ2) is 8.54. The number of benzene rings is 1. The van der Waals surface area contributed by atoms with Crippen LogP contribution < -0.4 is 5.32 Å². The van der Waals surface area contributed by atoms with E-state index in [9.17, 15) is 0 Å². The van der Waals surface area contributed by atoms with Crippen molar-refractivity contribution in [3.63, 3.8) is 0 Å². The maximum atomic E-state index is 5.51. The monoisotopic (exact) mass is 407 g/mol. The minimum Gasteiger partial charge on any atom is -0.381 e. The normalized spacial score (nSPS) is 23.0. The van der Waals surface area contributed by atoms with Crippen LogP contribution in [-0.2, 0) is 10.2 Å². The van der Waals surface area contributed by atoms with Crippen LogP contribution in [-0.4, -0.2) is 51.3 Å². The van der Waals surface area contributed by atoms with Gasteiger partial charge >= 0.3 is 0 Å². The molecule has 1 aliphatic carbocycles. The van der Waals surface area contributed by atoms with Gasteiger partial charge in [-0.25, -0.2) is 0 Å². The molecule has 5 heteroatoms. The predicted molar refractivity (Wildman–Crippen MR) is 107 cm³/mol. The molecule has 0 amide bonds. The van der Waals surface area contributed by atoms with Gasteiger partial charge in [-0.2, -0.15) is 0 Å². The predicted octanol–water partition coefficient (Wildman–Crippen LogP) is 3.80. The summed E-state index contributed by atoms with van der Waals surface area (Å²) in [7, 11) is 4.01. The first kappa shape index (κ1) is 18.7. The van der Waals surface area contributed by atoms with E-state index >= 15 is 0 Å². The first-order valence-corrected chi connectivity index (χ1v) is 10.2. The van der Waals surface area contributed by atoms with Gasteiger partial charge in [0.1, 0.15) is 0 Å². The van der Waals surface area contributed by atoms with Crippen LogP contribution in [0.4, 0.5) is 0 Å². The van der Waals surface area contributed by atoms with E-state index < -0.39 is 0 Å². The van der Waals surface area contributed by atoms with E-state index in [1.807, 2.05) is 7.05 Å². The molecule has 2 fully saturated rings. The summed E-state index contributed by atoms with van der Waals surface area (Å²) in [5.41, 5.74) is 1.66. The summed E-state index contributed by atoms with van der Waals surface area (Å²) >= 11 is 3.64. The first-order chi connectivity index (χ1) is 12.1. The summed E-state index contributed by atoms with van der Waals surface area (Å²) in [4.78, 5) is 6.77. The molecule has 1 heterocycles. The van der Waals surface area contributed by atoms with E-state index in [1.165, 1.54) is 35.7 Å². The summed E-state index contributed by atoms with van der Waals surface area (Å²) in [6.07, 6.45) is 6.26. The lowest BCUT2D eigenvalue weighted by atomic mass is 9.79. The Morgan fingerprint density at radius 2 is 2.20 bits per heavy atom. The van der Waals surface area contributed by atoms with E-state index in [2.05, 4.69) is 62.5 Å². The number of rotatable bonds is 5. The zero-order valence-corrected chi connectivity index (χ0v) is 17.0. The Balaban J connectivity index is 1.65. The van der Waals surface area contributed by atoms with Crippen LogP contribution in [0.1, 0.15) is 37.7 Å². The molecule has 138 valence electrons. The van der Waals surface area contributed by atoms with E-state index in [-0.39, 0.29) is 5.41 Å². The van der Waals surface area contributed by atoms with Crippen LogP contribution >= 0.6 is 15.9 Å². The van der Waals surface area contributed by atoms with E-state index in [1.54, 1.807) is 0 Å². The molecule has 1 aromatic rings. The summed E-state index contributed by atoms with van der Waals surface area (Å²) < 4.78 is 6.67. The van der Waals surface area contributed by atoms with Crippen molar-refractivity contribution in [2.45, 2.75) is 37.5 Å². The van der Waals surface area contributed by atoms with Crippen molar-refractivity contribution in [2.75, 3.05) is 40.4 Å². The summed E-state index contributed by atoms with van der Waals surface area (Å²) in [5, 5.41) is 3.66. The highest BCUT2D eigenvalue weighted by molar-refractivity contribution is 9.10. The van der Waals surface area contributed by atoms with Gasteiger partial charge in [0.05, 0.1) is 6.61 Å². The summed E-state index contributed by atoms with van der Waals surface area (Å²) in [6, 6.07) is 8.83. The van der Waals surface area contributed by atoms with Crippen molar-refractivity contribution >= 4 is 21.9 Å². The molecule has 3 rings (SSSR count). The molecule has 0 radical (unpaired) electrons. The number of nitrogens with one attached hydrogen (secondary N) is 1. The van der Waals surface area contributed by atoms with E-state index in [0.29, 0.717) is 5.92 Å². The highest BCUT2D eigenvalue weighted by Crippen LogP contribution is 2.41. The zero-order valence-electron chi connectivity index (χ0n) is 15.4. The maximum absolute atomic E-state index is 5.51. The highest BCUT2D eigenvalue weighted by Gasteiger charge is 2.36. The fourth-order valence-electron chi connectivity index (χ4n) is 4.27. The minimum atomic E-state index is 0.219. The number of guanidine groups is 1. The standard InChI is InChI=1S/C20H30BrN3O/c1-22-19(24(2)13-16-8-11-25-14-16)23-15-20(9-3-4-10-20)17-6-5-7-18(21)12-17/h5-7,12,16H,3-4,8-11,13-15H2,1-2H3,(H,22,23). The lowest BCUT2D eigenvalue weighted by Gasteiger charge is -2.33. The van der Waals surface area contributed by atoms with Gasteiger partial charge in [0.25, 0.3) is 0 Å². The Labute approximate surface area is 160 Å². The number of hydrogen-bond acceptors (Lipinski definition) is 2. The van der Waals surface area contributed by atoms with Gasteiger partial charge < -0.3 is 15.0 Å². The fraction of sp³-hybridized carbons (Fsp3) is 0.650. The molecule has 1 saturated carbocycles. The molecule has 1 aromatic carbocycles. The average molecular weight is 408 g/mol. The summed E-state index contributed by atoms with van der Waals surface area (Å²) in [6.45, 7) is 3.73. The lowest BCUT2D eigenvalue weighted by Crippen LogP contribution is -2.46. The molecular formula is C20H30BrN3O. The maximum Gasteiger partial charge on any atom is 0.193 e. The molecule has 1 atom stereocenters. The topological polar surface area (TPSA) is 36.9 Å². The molecule has 1 unspecified atom stereocenters. The molecule has 1 aliphatic heterocycles. The van der Waals surface area contributed by atoms with Crippen molar-refractivity contribution in [1.82, 2.24) is 10.2 Å². The molecule has 0 bridgehead atoms. The highest BCUT2D eigenvalue weighted by atomic mass is 79.9.